The molecule has 2 aliphatic heterocycles. The molecule has 9 nitrogen and oxygen atoms in total. The minimum atomic E-state index is -0.0608. The maximum absolute atomic E-state index is 12.0. The van der Waals surface area contributed by atoms with E-state index < -0.39 is 0 Å². The molecule has 10 heteroatoms. The Kier molecular flexibility index (Phi) is 5.27. The van der Waals surface area contributed by atoms with Gasteiger partial charge in [-0.2, -0.15) is 19.7 Å². The number of amidine groups is 1. The predicted octanol–water partition coefficient (Wildman–Crippen LogP) is 1.80. The number of carbonyl (C=O) groups excluding carboxylic acids is 1. The first-order valence-electron chi connectivity index (χ1n) is 9.67. The summed E-state index contributed by atoms with van der Waals surface area (Å²) in [6.07, 6.45) is 2.42. The average Bonchev–Trinajstić information content (AvgIpc) is 2.98. The number of likely N-dealkylation sites (N-methyl/N-ethyl adjacent to an activating group) is 1. The highest BCUT2D eigenvalue weighted by Crippen LogP contribution is 2.36. The van der Waals surface area contributed by atoms with Gasteiger partial charge in [-0.3, -0.25) is 9.78 Å². The molecule has 0 spiro atoms. The predicted molar refractivity (Wildman–Crippen MR) is 119 cm³/mol. The quantitative estimate of drug-likeness (QED) is 0.734. The summed E-state index contributed by atoms with van der Waals surface area (Å²) < 4.78 is 9.90. The number of ether oxygens (including phenoxy) is 1. The van der Waals surface area contributed by atoms with E-state index >= 15 is 0 Å². The third kappa shape index (κ3) is 3.34. The van der Waals surface area contributed by atoms with Crippen molar-refractivity contribution >= 4 is 35.1 Å². The zero-order valence-electron chi connectivity index (χ0n) is 17.8. The minimum Gasteiger partial charge on any atom is -0.496 e. The Morgan fingerprint density at radius 2 is 2.17 bits per heavy atom. The van der Waals surface area contributed by atoms with Gasteiger partial charge in [0.05, 0.1) is 24.6 Å². The summed E-state index contributed by atoms with van der Waals surface area (Å²) in [7, 11) is 3.47. The zero-order valence-corrected chi connectivity index (χ0v) is 18.6. The number of pyridine rings is 1. The van der Waals surface area contributed by atoms with E-state index in [9.17, 15) is 4.79 Å². The highest BCUT2D eigenvalue weighted by molar-refractivity contribution is 7.98. The normalized spacial score (nSPS) is 20.2. The number of rotatable bonds is 4. The number of amides is 1. The van der Waals surface area contributed by atoms with Crippen LogP contribution in [0.5, 0.6) is 5.75 Å². The van der Waals surface area contributed by atoms with Gasteiger partial charge in [-0.15, -0.1) is 0 Å². The van der Waals surface area contributed by atoms with Crippen molar-refractivity contribution in [2.75, 3.05) is 19.9 Å². The maximum atomic E-state index is 12.0. The number of methoxy groups -OCH3 is 1. The highest BCUT2D eigenvalue weighted by atomic mass is 32.2. The zero-order chi connectivity index (χ0) is 21.6. The lowest BCUT2D eigenvalue weighted by Crippen LogP contribution is -2.36. The van der Waals surface area contributed by atoms with Gasteiger partial charge in [-0.25, -0.2) is 0 Å². The molecule has 1 aromatic heterocycles. The Morgan fingerprint density at radius 1 is 1.40 bits per heavy atom. The summed E-state index contributed by atoms with van der Waals surface area (Å²) in [6, 6.07) is -0.0608. The summed E-state index contributed by atoms with van der Waals surface area (Å²) in [5, 5.41) is 11.1. The summed E-state index contributed by atoms with van der Waals surface area (Å²) >= 11 is 1.38. The number of hydrazone groups is 2. The van der Waals surface area contributed by atoms with Crippen LogP contribution in [0.15, 0.2) is 31.9 Å². The number of aryl methyl sites for hydroxylation is 1. The Hall–Kier alpha value is -2.88. The molecule has 0 radical (unpaired) electrons. The van der Waals surface area contributed by atoms with Crippen LogP contribution in [0, 0.1) is 13.8 Å². The molecule has 3 aliphatic rings. The van der Waals surface area contributed by atoms with Gasteiger partial charge in [0.2, 0.25) is 5.91 Å². The largest absolute Gasteiger partial charge is 0.496 e. The molecule has 0 saturated carbocycles. The van der Waals surface area contributed by atoms with Crippen LogP contribution in [0.2, 0.25) is 0 Å². The van der Waals surface area contributed by atoms with Crippen molar-refractivity contribution in [1.29, 1.82) is 0 Å². The SMILES string of the molecule is COc1c(C)cnc(CN2N=C3CC(N(C)C(C)=O)C4=C3C(=N2)C(N)=NSC4)c1C. The van der Waals surface area contributed by atoms with Gasteiger partial charge in [0.1, 0.15) is 18.0 Å². The molecule has 0 saturated heterocycles. The second-order valence-corrected chi connectivity index (χ2v) is 8.30. The average molecular weight is 428 g/mol. The molecule has 2 N–H and O–H groups in total. The van der Waals surface area contributed by atoms with Crippen molar-refractivity contribution < 1.29 is 9.53 Å². The summed E-state index contributed by atoms with van der Waals surface area (Å²) in [5.74, 6) is 1.86. The van der Waals surface area contributed by atoms with Crippen molar-refractivity contribution in [2.45, 2.75) is 39.8 Å². The van der Waals surface area contributed by atoms with Crippen molar-refractivity contribution in [3.05, 3.63) is 34.2 Å². The highest BCUT2D eigenvalue weighted by Gasteiger charge is 2.40. The third-order valence-corrected chi connectivity index (χ3v) is 6.48. The van der Waals surface area contributed by atoms with Crippen LogP contribution in [0.1, 0.15) is 30.2 Å². The minimum absolute atomic E-state index is 0.0115. The number of nitrogens with zero attached hydrogens (tertiary/aromatic N) is 6. The first kappa shape index (κ1) is 20.4. The molecule has 0 fully saturated rings. The molecule has 1 amide bonds. The van der Waals surface area contributed by atoms with Crippen LogP contribution in [0.3, 0.4) is 0 Å². The molecular formula is C20H25N7O2S. The van der Waals surface area contributed by atoms with E-state index in [-0.39, 0.29) is 11.9 Å². The van der Waals surface area contributed by atoms with Crippen molar-refractivity contribution in [3.63, 3.8) is 0 Å². The van der Waals surface area contributed by atoms with E-state index in [2.05, 4.69) is 14.5 Å². The second kappa shape index (κ2) is 7.75. The number of nitrogens with two attached hydrogens (primary N) is 1. The molecule has 3 heterocycles. The topological polar surface area (TPSA) is 109 Å². The fraction of sp³-hybridized carbons (Fsp3) is 0.450. The van der Waals surface area contributed by atoms with E-state index in [0.29, 0.717) is 30.3 Å². The van der Waals surface area contributed by atoms with Gasteiger partial charge >= 0.3 is 0 Å². The van der Waals surface area contributed by atoms with Crippen LogP contribution in [0.25, 0.3) is 0 Å². The summed E-state index contributed by atoms with van der Waals surface area (Å²) in [4.78, 5) is 18.3. The molecular weight excluding hydrogens is 402 g/mol. The molecule has 158 valence electrons. The lowest BCUT2D eigenvalue weighted by Gasteiger charge is -2.25. The first-order chi connectivity index (χ1) is 14.3. The number of hydrogen-bond acceptors (Lipinski definition) is 9. The summed E-state index contributed by atoms with van der Waals surface area (Å²) in [6.45, 7) is 5.90. The Labute approximate surface area is 179 Å². The van der Waals surface area contributed by atoms with E-state index in [4.69, 9.17) is 15.6 Å². The van der Waals surface area contributed by atoms with Gasteiger partial charge < -0.3 is 15.4 Å². The Balaban J connectivity index is 1.73. The third-order valence-electron chi connectivity index (χ3n) is 5.72. The number of carbonyl (C=O) groups is 1. The van der Waals surface area contributed by atoms with Crippen LogP contribution in [0.4, 0.5) is 0 Å². The van der Waals surface area contributed by atoms with Gasteiger partial charge in [-0.1, -0.05) is 0 Å². The van der Waals surface area contributed by atoms with E-state index in [1.54, 1.807) is 30.2 Å². The molecule has 1 aliphatic carbocycles. The maximum Gasteiger partial charge on any atom is 0.219 e. The van der Waals surface area contributed by atoms with Crippen molar-refractivity contribution in [3.8, 4) is 5.75 Å². The summed E-state index contributed by atoms with van der Waals surface area (Å²) in [5.41, 5.74) is 12.5. The molecule has 1 aromatic rings. The fourth-order valence-electron chi connectivity index (χ4n) is 4.05. The lowest BCUT2D eigenvalue weighted by atomic mass is 10.0. The first-order valence-corrected chi connectivity index (χ1v) is 10.6. The molecule has 4 rings (SSSR count). The molecule has 30 heavy (non-hydrogen) atoms. The monoisotopic (exact) mass is 427 g/mol. The molecule has 1 atom stereocenters. The van der Waals surface area contributed by atoms with Gasteiger partial charge in [-0.05, 0) is 31.4 Å². The van der Waals surface area contributed by atoms with Gasteiger partial charge in [0, 0.05) is 49.0 Å². The fourth-order valence-corrected chi connectivity index (χ4v) is 4.82. The Morgan fingerprint density at radius 3 is 2.87 bits per heavy atom. The standard InChI is InChI=1S/C20H25N7O2S/c1-10-7-22-15(11(2)19(10)29-5)8-27-23-14-6-16(26(4)12(3)28)13-9-30-25-20(21)18(24-27)17(13)14/h7,16H,6,8-9H2,1-5H3,(H2,21,25). The van der Waals surface area contributed by atoms with Crippen molar-refractivity contribution in [1.82, 2.24) is 15.0 Å². The number of hydrogen-bond donors (Lipinski definition) is 1. The molecule has 1 unspecified atom stereocenters. The smallest absolute Gasteiger partial charge is 0.219 e. The van der Waals surface area contributed by atoms with Crippen LogP contribution < -0.4 is 10.5 Å². The molecule has 0 aromatic carbocycles. The van der Waals surface area contributed by atoms with E-state index in [0.717, 1.165) is 39.4 Å². The van der Waals surface area contributed by atoms with Crippen LogP contribution in [-0.4, -0.2) is 64.1 Å². The van der Waals surface area contributed by atoms with Gasteiger partial charge in [0.15, 0.2) is 5.84 Å². The van der Waals surface area contributed by atoms with E-state index in [1.165, 1.54) is 11.9 Å². The lowest BCUT2D eigenvalue weighted by molar-refractivity contribution is -0.128. The van der Waals surface area contributed by atoms with Gasteiger partial charge in [0.25, 0.3) is 0 Å². The van der Waals surface area contributed by atoms with Crippen LogP contribution in [-0.2, 0) is 11.3 Å². The second-order valence-electron chi connectivity index (χ2n) is 7.57. The molecule has 0 bridgehead atoms. The van der Waals surface area contributed by atoms with Crippen molar-refractivity contribution in [2.24, 2.45) is 20.3 Å². The number of aromatic nitrogens is 1. The van der Waals surface area contributed by atoms with Crippen LogP contribution >= 0.6 is 11.9 Å². The van der Waals surface area contributed by atoms with E-state index in [1.807, 2.05) is 20.9 Å². The Bertz CT molecular complexity index is 1040.